The van der Waals surface area contributed by atoms with Crippen LogP contribution in [0.15, 0.2) is 85.1 Å². The average molecular weight is 1040 g/mol. The number of unbranched alkanes of at least 4 members (excludes halogenated alkanes) is 10. The van der Waals surface area contributed by atoms with E-state index in [1.807, 2.05) is 19.1 Å². The van der Waals surface area contributed by atoms with Crippen molar-refractivity contribution in [2.24, 2.45) is 0 Å². The van der Waals surface area contributed by atoms with Crippen LogP contribution in [0.25, 0.3) is 0 Å². The smallest absolute Gasteiger partial charge is 0.462 e. The number of esters is 2. The first kappa shape index (κ1) is 65.1. The van der Waals surface area contributed by atoms with Crippen molar-refractivity contribution in [3.63, 3.8) is 0 Å². The maximum Gasteiger partial charge on any atom is 0.472 e. The molecule has 5 unspecified atom stereocenters. The van der Waals surface area contributed by atoms with Crippen LogP contribution in [-0.4, -0.2) is 137 Å². The van der Waals surface area contributed by atoms with E-state index in [0.717, 1.165) is 64.2 Å². The average Bonchev–Trinajstić information content (AvgIpc) is 3.31. The van der Waals surface area contributed by atoms with Gasteiger partial charge in [-0.3, -0.25) is 23.2 Å². The second-order valence-corrected chi connectivity index (χ2v) is 19.6. The molecule has 1 aliphatic carbocycles. The van der Waals surface area contributed by atoms with E-state index in [-0.39, 0.29) is 25.7 Å². The maximum absolute atomic E-state index is 13.0. The minimum atomic E-state index is -5.41. The van der Waals surface area contributed by atoms with Crippen molar-refractivity contribution in [3.8, 4) is 0 Å². The number of phosphoric ester groups is 2. The molecule has 21 heteroatoms. The molecule has 402 valence electrons. The molecule has 0 aromatic carbocycles. The van der Waals surface area contributed by atoms with Crippen LogP contribution in [0.1, 0.15) is 136 Å². The summed E-state index contributed by atoms with van der Waals surface area (Å²) in [5.41, 5.74) is 0. The van der Waals surface area contributed by atoms with Crippen molar-refractivity contribution >= 4 is 27.6 Å². The van der Waals surface area contributed by atoms with Crippen LogP contribution in [0.4, 0.5) is 0 Å². The van der Waals surface area contributed by atoms with Gasteiger partial charge in [-0.15, -0.1) is 0 Å². The van der Waals surface area contributed by atoms with Gasteiger partial charge in [0.2, 0.25) is 0 Å². The Kier molecular flexibility index (Phi) is 35.9. The third-order valence-electron chi connectivity index (χ3n) is 10.8. The first-order valence-corrected chi connectivity index (χ1v) is 27.5. The fourth-order valence-corrected chi connectivity index (χ4v) is 8.41. The highest BCUT2D eigenvalue weighted by molar-refractivity contribution is 7.47. The summed E-state index contributed by atoms with van der Waals surface area (Å²) in [4.78, 5) is 54.4. The lowest BCUT2D eigenvalue weighted by atomic mass is 9.85. The Morgan fingerprint density at radius 1 is 0.586 bits per heavy atom. The Morgan fingerprint density at radius 3 is 1.76 bits per heavy atom. The molecule has 11 atom stereocenters. The monoisotopic (exact) mass is 1040 g/mol. The zero-order chi connectivity index (χ0) is 52.2. The van der Waals surface area contributed by atoms with Crippen molar-refractivity contribution in [3.05, 3.63) is 85.1 Å². The normalized spacial score (nSPS) is 23.1. The van der Waals surface area contributed by atoms with E-state index in [9.17, 15) is 69.1 Å². The number of ether oxygens (including phenoxy) is 2. The third-order valence-corrected chi connectivity index (χ3v) is 12.3. The topological polar surface area (TPSA) is 317 Å². The lowest BCUT2D eigenvalue weighted by Gasteiger charge is -2.43. The molecule has 0 bridgehead atoms. The number of phosphoric acid groups is 2. The molecule has 0 spiro atoms. The number of carbonyl (C=O) groups is 2. The molecule has 1 fully saturated rings. The lowest BCUT2D eigenvalue weighted by molar-refractivity contribution is -0.216. The molecule has 1 rings (SSSR count). The van der Waals surface area contributed by atoms with Crippen LogP contribution in [0.5, 0.6) is 0 Å². The molecule has 0 amide bonds. The van der Waals surface area contributed by atoms with E-state index in [2.05, 4.69) is 35.8 Å². The predicted octanol–water partition coefficient (Wildman–Crippen LogP) is 6.31. The van der Waals surface area contributed by atoms with Gasteiger partial charge in [-0.25, -0.2) is 9.13 Å². The zero-order valence-electron chi connectivity index (χ0n) is 40.7. The Balaban J connectivity index is 2.72. The molecule has 19 nitrogen and oxygen atoms in total. The number of allylic oxidation sites excluding steroid dienone is 11. The number of aliphatic hydroxyl groups is 7. The largest absolute Gasteiger partial charge is 0.472 e. The summed E-state index contributed by atoms with van der Waals surface area (Å²) in [6, 6.07) is 0. The van der Waals surface area contributed by atoms with E-state index in [4.69, 9.17) is 18.5 Å². The number of rotatable bonds is 39. The van der Waals surface area contributed by atoms with Crippen molar-refractivity contribution in [1.29, 1.82) is 0 Å². The van der Waals surface area contributed by atoms with E-state index in [1.165, 1.54) is 31.4 Å². The highest BCUT2D eigenvalue weighted by Crippen LogP contribution is 2.49. The third kappa shape index (κ3) is 32.2. The van der Waals surface area contributed by atoms with Gasteiger partial charge < -0.3 is 59.9 Å². The molecule has 0 radical (unpaired) electrons. The summed E-state index contributed by atoms with van der Waals surface area (Å²) < 4.78 is 49.2. The zero-order valence-corrected chi connectivity index (χ0v) is 42.5. The molecule has 0 aromatic rings. The van der Waals surface area contributed by atoms with Crippen molar-refractivity contribution in [2.75, 3.05) is 13.2 Å². The minimum absolute atomic E-state index is 0.00327. The lowest BCUT2D eigenvalue weighted by Crippen LogP contribution is -2.64. The van der Waals surface area contributed by atoms with Crippen LogP contribution >= 0.6 is 15.6 Å². The fraction of sp³-hybridized carbons (Fsp3) is 0.673. The van der Waals surface area contributed by atoms with Gasteiger partial charge in [-0.05, 0) is 64.2 Å². The second kappa shape index (κ2) is 38.6. The Hall–Kier alpha value is -2.94. The van der Waals surface area contributed by atoms with E-state index in [1.54, 1.807) is 36.5 Å². The van der Waals surface area contributed by atoms with Gasteiger partial charge >= 0.3 is 27.6 Å². The van der Waals surface area contributed by atoms with Crippen LogP contribution < -0.4 is 0 Å². The molecule has 0 saturated heterocycles. The van der Waals surface area contributed by atoms with Gasteiger partial charge in [0.1, 0.15) is 43.2 Å². The van der Waals surface area contributed by atoms with Gasteiger partial charge in [0, 0.05) is 12.8 Å². The molecule has 0 aliphatic heterocycles. The number of carbonyl (C=O) groups excluding carboxylic acids is 2. The SMILES string of the molecule is CC/C=C\C[C@@H](O)/C=C/C=C/C=C\C=C/[C@H](O)[C@@H](O)CCCC(=O)OC[C@H](COP(=O)(O)O[C@H]1C(O)C(O)C(O)[C@@H](OP(=O)(O)O)C1O)OC(=O)CCCCCCCCC/C=C\C/C=C\CCCCC. The summed E-state index contributed by atoms with van der Waals surface area (Å²) in [6.45, 7) is 2.59. The maximum atomic E-state index is 13.0. The van der Waals surface area contributed by atoms with Crippen LogP contribution in [0.2, 0.25) is 0 Å². The molecule has 1 aliphatic rings. The van der Waals surface area contributed by atoms with Crippen LogP contribution in [-0.2, 0) is 41.8 Å². The molecule has 70 heavy (non-hydrogen) atoms. The molecular formula is C49H82O19P2. The highest BCUT2D eigenvalue weighted by Gasteiger charge is 2.54. The number of aliphatic hydroxyl groups excluding tert-OH is 7. The predicted molar refractivity (Wildman–Crippen MR) is 264 cm³/mol. The van der Waals surface area contributed by atoms with E-state index < -0.39 is 102 Å². The van der Waals surface area contributed by atoms with E-state index in [0.29, 0.717) is 12.8 Å². The van der Waals surface area contributed by atoms with Gasteiger partial charge in [-0.2, -0.15) is 0 Å². The van der Waals surface area contributed by atoms with Crippen molar-refractivity contribution < 1.29 is 92.2 Å². The summed E-state index contributed by atoms with van der Waals surface area (Å²) in [6.07, 6.45) is 21.7. The van der Waals surface area contributed by atoms with Crippen molar-refractivity contribution in [2.45, 2.75) is 197 Å². The van der Waals surface area contributed by atoms with Crippen LogP contribution in [0.3, 0.4) is 0 Å². The molecule has 10 N–H and O–H groups in total. The molecular weight excluding hydrogens is 954 g/mol. The minimum Gasteiger partial charge on any atom is -0.462 e. The van der Waals surface area contributed by atoms with Gasteiger partial charge in [0.25, 0.3) is 0 Å². The van der Waals surface area contributed by atoms with Gasteiger partial charge in [0.15, 0.2) is 6.10 Å². The molecule has 1 saturated carbocycles. The van der Waals surface area contributed by atoms with Crippen molar-refractivity contribution in [1.82, 2.24) is 0 Å². The number of hydrogen-bond donors (Lipinski definition) is 10. The Bertz CT molecular complexity index is 1730. The first-order valence-electron chi connectivity index (χ1n) is 24.5. The standard InChI is InChI=1S/C49H82O19P2/c1-3-5-7-8-9-10-11-12-13-14-15-16-17-18-19-24-28-34-43(54)66-39(37-65-70(62,63)68-49-46(57)44(55)45(56)48(47(49)58)67-69(59,60)61)36-64-42(53)35-29-33-41(52)40(51)32-27-23-21-20-22-26-31-38(50)30-25-6-4-2/h6,9-10,12-13,20-23,25-27,31-32,38-41,44-52,55-58H,3-5,7-8,11,14-19,24,28-30,33-37H2,1-2H3,(H,62,63)(H2,59,60,61)/b10-9-,13-12-,22-20+,23-21-,25-6-,31-26+,32-27-/t38-,39-,40+,41+,44?,45?,46?,47?,48-,49+/m1/s1. The van der Waals surface area contributed by atoms with Gasteiger partial charge in [-0.1, -0.05) is 144 Å². The Morgan fingerprint density at radius 2 is 1.14 bits per heavy atom. The highest BCUT2D eigenvalue weighted by atomic mass is 31.2. The summed E-state index contributed by atoms with van der Waals surface area (Å²) >= 11 is 0. The summed E-state index contributed by atoms with van der Waals surface area (Å²) in [5, 5.41) is 71.8. The quantitative estimate of drug-likeness (QED) is 0.0106. The molecule has 0 aromatic heterocycles. The summed E-state index contributed by atoms with van der Waals surface area (Å²) in [5.74, 6) is -1.55. The first-order chi connectivity index (χ1) is 33.3. The number of hydrogen-bond acceptors (Lipinski definition) is 16. The summed E-state index contributed by atoms with van der Waals surface area (Å²) in [7, 11) is -10.8. The van der Waals surface area contributed by atoms with Crippen LogP contribution in [0, 0.1) is 0 Å². The Labute approximate surface area is 413 Å². The fourth-order valence-electron chi connectivity index (χ4n) is 6.87. The molecule has 0 heterocycles. The van der Waals surface area contributed by atoms with Gasteiger partial charge in [0.05, 0.1) is 24.9 Å². The second-order valence-electron chi connectivity index (χ2n) is 17.0. The van der Waals surface area contributed by atoms with E-state index >= 15 is 0 Å².